The van der Waals surface area contributed by atoms with E-state index in [0.717, 1.165) is 27.3 Å². The van der Waals surface area contributed by atoms with Crippen molar-refractivity contribution in [3.8, 4) is 10.6 Å². The van der Waals surface area contributed by atoms with Crippen LogP contribution in [-0.2, 0) is 11.2 Å². The van der Waals surface area contributed by atoms with E-state index < -0.39 is 0 Å². The monoisotopic (exact) mass is 399 g/mol. The Kier molecular flexibility index (Phi) is 4.14. The van der Waals surface area contributed by atoms with Crippen molar-refractivity contribution in [2.75, 3.05) is 10.6 Å². The first-order valence-corrected chi connectivity index (χ1v) is 10.1. The molecule has 1 aromatic heterocycles. The number of hydrogen-bond acceptors (Lipinski definition) is 4. The number of carbonyl (C=O) groups excluding carboxylic acids is 2. The van der Waals surface area contributed by atoms with Crippen LogP contribution in [0.5, 0.6) is 0 Å². The Bertz CT molecular complexity index is 1280. The van der Waals surface area contributed by atoms with Crippen molar-refractivity contribution in [3.05, 3.63) is 77.4 Å². The van der Waals surface area contributed by atoms with Crippen LogP contribution in [0.3, 0.4) is 0 Å². The van der Waals surface area contributed by atoms with Crippen LogP contribution in [0.25, 0.3) is 20.8 Å². The standard InChI is InChI=1S/C23H17N3O2S/c1-13-2-8-19-20(10-13)29-23(26-19)14-3-6-17(7-4-14)24-22(28)15-5-9-18-16(11-15)12-21(27)25-18/h2-11H,12H2,1H3,(H,24,28)(H,25,27). The van der Waals surface area contributed by atoms with Crippen LogP contribution in [-0.4, -0.2) is 16.8 Å². The second-order valence-electron chi connectivity index (χ2n) is 7.12. The molecule has 5 rings (SSSR count). The topological polar surface area (TPSA) is 71.1 Å². The van der Waals surface area contributed by atoms with Gasteiger partial charge in [-0.2, -0.15) is 0 Å². The number of thiazole rings is 1. The lowest BCUT2D eigenvalue weighted by molar-refractivity contribution is -0.115. The maximum absolute atomic E-state index is 12.6. The minimum Gasteiger partial charge on any atom is -0.326 e. The second-order valence-corrected chi connectivity index (χ2v) is 8.15. The van der Waals surface area contributed by atoms with Crippen LogP contribution in [0.4, 0.5) is 11.4 Å². The first kappa shape index (κ1) is 17.6. The van der Waals surface area contributed by atoms with Gasteiger partial charge in [-0.1, -0.05) is 6.07 Å². The molecule has 0 bridgehead atoms. The molecular formula is C23H17N3O2S. The zero-order valence-corrected chi connectivity index (χ0v) is 16.5. The molecular weight excluding hydrogens is 382 g/mol. The molecule has 0 saturated carbocycles. The van der Waals surface area contributed by atoms with E-state index in [1.54, 1.807) is 29.5 Å². The van der Waals surface area contributed by atoms with E-state index in [-0.39, 0.29) is 11.8 Å². The molecule has 142 valence electrons. The number of benzene rings is 3. The SMILES string of the molecule is Cc1ccc2nc(-c3ccc(NC(=O)c4ccc5c(c4)CC(=O)N5)cc3)sc2c1. The summed E-state index contributed by atoms with van der Waals surface area (Å²) in [6, 6.07) is 19.2. The molecule has 29 heavy (non-hydrogen) atoms. The van der Waals surface area contributed by atoms with Gasteiger partial charge in [-0.3, -0.25) is 9.59 Å². The smallest absolute Gasteiger partial charge is 0.255 e. The quantitative estimate of drug-likeness (QED) is 0.508. The normalized spacial score (nSPS) is 12.7. The third-order valence-electron chi connectivity index (χ3n) is 4.93. The highest BCUT2D eigenvalue weighted by atomic mass is 32.1. The predicted octanol–water partition coefficient (Wildman–Crippen LogP) is 5.02. The van der Waals surface area contributed by atoms with Gasteiger partial charge < -0.3 is 10.6 Å². The summed E-state index contributed by atoms with van der Waals surface area (Å²) in [5, 5.41) is 6.64. The van der Waals surface area contributed by atoms with Crippen molar-refractivity contribution < 1.29 is 9.59 Å². The second kappa shape index (κ2) is 6.83. The van der Waals surface area contributed by atoms with Crippen LogP contribution in [0.15, 0.2) is 60.7 Å². The molecule has 0 unspecified atom stereocenters. The average Bonchev–Trinajstić information content (AvgIpc) is 3.29. The molecule has 0 aliphatic carbocycles. The summed E-state index contributed by atoms with van der Waals surface area (Å²) < 4.78 is 1.17. The van der Waals surface area contributed by atoms with Gasteiger partial charge in [-0.15, -0.1) is 11.3 Å². The Balaban J connectivity index is 1.34. The number of nitrogens with zero attached hydrogens (tertiary/aromatic N) is 1. The highest BCUT2D eigenvalue weighted by Gasteiger charge is 2.19. The zero-order valence-electron chi connectivity index (χ0n) is 15.7. The summed E-state index contributed by atoms with van der Waals surface area (Å²) in [4.78, 5) is 28.8. The molecule has 4 aromatic rings. The summed E-state index contributed by atoms with van der Waals surface area (Å²) in [5.41, 5.74) is 6.11. The fourth-order valence-corrected chi connectivity index (χ4v) is 4.49. The van der Waals surface area contributed by atoms with Crippen molar-refractivity contribution >= 4 is 44.7 Å². The van der Waals surface area contributed by atoms with Crippen LogP contribution < -0.4 is 10.6 Å². The van der Waals surface area contributed by atoms with E-state index in [9.17, 15) is 9.59 Å². The van der Waals surface area contributed by atoms with Gasteiger partial charge in [0.1, 0.15) is 5.01 Å². The van der Waals surface area contributed by atoms with Gasteiger partial charge in [0, 0.05) is 22.5 Å². The van der Waals surface area contributed by atoms with Gasteiger partial charge in [0.2, 0.25) is 5.91 Å². The number of carbonyl (C=O) groups is 2. The minimum absolute atomic E-state index is 0.0434. The molecule has 1 aliphatic heterocycles. The third-order valence-corrected chi connectivity index (χ3v) is 5.99. The number of aromatic nitrogens is 1. The molecule has 6 heteroatoms. The fraction of sp³-hybridized carbons (Fsp3) is 0.0870. The molecule has 0 spiro atoms. The van der Waals surface area contributed by atoms with E-state index in [1.807, 2.05) is 30.3 Å². The summed E-state index contributed by atoms with van der Waals surface area (Å²) in [7, 11) is 0. The Morgan fingerprint density at radius 3 is 2.72 bits per heavy atom. The van der Waals surface area contributed by atoms with Gasteiger partial charge in [0.25, 0.3) is 5.91 Å². The van der Waals surface area contributed by atoms with Crippen LogP contribution in [0.1, 0.15) is 21.5 Å². The summed E-state index contributed by atoms with van der Waals surface area (Å²) in [6.45, 7) is 2.08. The summed E-state index contributed by atoms with van der Waals surface area (Å²) in [5.74, 6) is -0.242. The minimum atomic E-state index is -0.199. The molecule has 0 saturated heterocycles. The lowest BCUT2D eigenvalue weighted by atomic mass is 10.1. The molecule has 5 nitrogen and oxygen atoms in total. The Hall–Kier alpha value is -3.51. The number of anilines is 2. The Morgan fingerprint density at radius 2 is 1.90 bits per heavy atom. The van der Waals surface area contributed by atoms with Crippen molar-refractivity contribution in [1.82, 2.24) is 4.98 Å². The van der Waals surface area contributed by atoms with Gasteiger partial charge in [0.15, 0.2) is 0 Å². The van der Waals surface area contributed by atoms with Crippen molar-refractivity contribution in [3.63, 3.8) is 0 Å². The van der Waals surface area contributed by atoms with E-state index in [2.05, 4.69) is 29.7 Å². The van der Waals surface area contributed by atoms with Crippen molar-refractivity contribution in [1.29, 1.82) is 0 Å². The van der Waals surface area contributed by atoms with Crippen molar-refractivity contribution in [2.24, 2.45) is 0 Å². The maximum Gasteiger partial charge on any atom is 0.255 e. The number of fused-ring (bicyclic) bond motifs is 2. The molecule has 1 aliphatic rings. The molecule has 0 atom stereocenters. The first-order valence-electron chi connectivity index (χ1n) is 9.27. The van der Waals surface area contributed by atoms with Gasteiger partial charge in [0.05, 0.1) is 16.6 Å². The van der Waals surface area contributed by atoms with Gasteiger partial charge in [-0.05, 0) is 72.6 Å². The molecule has 0 fully saturated rings. The fourth-order valence-electron chi connectivity index (χ4n) is 3.43. The number of rotatable bonds is 3. The number of nitrogens with one attached hydrogen (secondary N) is 2. The lowest BCUT2D eigenvalue weighted by Crippen LogP contribution is -2.12. The number of aryl methyl sites for hydroxylation is 1. The zero-order chi connectivity index (χ0) is 20.0. The largest absolute Gasteiger partial charge is 0.326 e. The Morgan fingerprint density at radius 1 is 1.07 bits per heavy atom. The third kappa shape index (κ3) is 3.39. The van der Waals surface area contributed by atoms with Crippen molar-refractivity contribution in [2.45, 2.75) is 13.3 Å². The molecule has 3 aromatic carbocycles. The highest BCUT2D eigenvalue weighted by Crippen LogP contribution is 2.31. The first-order chi connectivity index (χ1) is 14.0. The summed E-state index contributed by atoms with van der Waals surface area (Å²) >= 11 is 1.66. The Labute approximate surface area is 171 Å². The molecule has 2 amide bonds. The van der Waals surface area contributed by atoms with Crippen LogP contribution >= 0.6 is 11.3 Å². The van der Waals surface area contributed by atoms with E-state index >= 15 is 0 Å². The number of amides is 2. The number of hydrogen-bond donors (Lipinski definition) is 2. The molecule has 2 N–H and O–H groups in total. The highest BCUT2D eigenvalue weighted by molar-refractivity contribution is 7.21. The van der Waals surface area contributed by atoms with E-state index in [0.29, 0.717) is 17.7 Å². The van der Waals surface area contributed by atoms with Gasteiger partial charge in [-0.25, -0.2) is 4.98 Å². The predicted molar refractivity (Wildman–Crippen MR) is 117 cm³/mol. The maximum atomic E-state index is 12.6. The average molecular weight is 399 g/mol. The molecule has 2 heterocycles. The molecule has 0 radical (unpaired) electrons. The van der Waals surface area contributed by atoms with Crippen LogP contribution in [0.2, 0.25) is 0 Å². The van der Waals surface area contributed by atoms with E-state index in [1.165, 1.54) is 10.3 Å². The van der Waals surface area contributed by atoms with Gasteiger partial charge >= 0.3 is 0 Å². The van der Waals surface area contributed by atoms with Crippen LogP contribution in [0, 0.1) is 6.92 Å². The lowest BCUT2D eigenvalue weighted by Gasteiger charge is -2.07. The van der Waals surface area contributed by atoms with E-state index in [4.69, 9.17) is 4.98 Å². The summed E-state index contributed by atoms with van der Waals surface area (Å²) in [6.07, 6.45) is 0.312.